The van der Waals surface area contributed by atoms with E-state index in [1.807, 2.05) is 36.4 Å². The Morgan fingerprint density at radius 1 is 0.485 bits per heavy atom. The molecule has 0 heterocycles. The van der Waals surface area contributed by atoms with E-state index in [0.29, 0.717) is 20.4 Å². The summed E-state index contributed by atoms with van der Waals surface area (Å²) in [6, 6.07) is 33.2. The van der Waals surface area contributed by atoms with E-state index in [1.165, 1.54) is 30.5 Å². The quantitative estimate of drug-likeness (QED) is 0.370. The summed E-state index contributed by atoms with van der Waals surface area (Å²) in [5.41, 5.74) is 1.82. The number of sulfonamides is 2. The fourth-order valence-corrected chi connectivity index (χ4v) is 6.77. The van der Waals surface area contributed by atoms with Crippen LogP contribution in [0.3, 0.4) is 0 Å². The summed E-state index contributed by atoms with van der Waals surface area (Å²) in [5.74, 6) is 0. The molecular formula is C26H21NO4S2. The van der Waals surface area contributed by atoms with Crippen LogP contribution in [0.15, 0.2) is 137 Å². The lowest BCUT2D eigenvalue weighted by molar-refractivity contribution is 0.537. The lowest BCUT2D eigenvalue weighted by atomic mass is 9.99. The molecule has 5 nitrogen and oxygen atoms in total. The second kappa shape index (κ2) is 9.44. The van der Waals surface area contributed by atoms with Crippen molar-refractivity contribution >= 4 is 25.6 Å². The van der Waals surface area contributed by atoms with E-state index in [0.717, 1.165) is 0 Å². The lowest BCUT2D eigenvalue weighted by Crippen LogP contribution is -2.33. The predicted octanol–water partition coefficient (Wildman–Crippen LogP) is 5.16. The maximum atomic E-state index is 13.7. The van der Waals surface area contributed by atoms with Crippen LogP contribution in [0.2, 0.25) is 0 Å². The molecule has 0 aliphatic heterocycles. The van der Waals surface area contributed by atoms with E-state index in [9.17, 15) is 16.8 Å². The molecule has 4 aromatic rings. The van der Waals surface area contributed by atoms with Crippen molar-refractivity contribution in [3.05, 3.63) is 139 Å². The van der Waals surface area contributed by atoms with E-state index >= 15 is 0 Å². The van der Waals surface area contributed by atoms with Gasteiger partial charge in [-0.25, -0.2) is 16.8 Å². The summed E-state index contributed by atoms with van der Waals surface area (Å²) in [4.78, 5) is -0.248. The lowest BCUT2D eigenvalue weighted by Gasteiger charge is -2.22. The smallest absolute Gasteiger partial charge is 0.200 e. The van der Waals surface area contributed by atoms with Gasteiger partial charge in [-0.3, -0.25) is 0 Å². The fourth-order valence-electron chi connectivity index (χ4n) is 3.32. The minimum absolute atomic E-state index is 0.124. The Kier molecular flexibility index (Phi) is 6.44. The highest BCUT2D eigenvalue weighted by molar-refractivity contribution is 8.04. The Bertz CT molecular complexity index is 1340. The van der Waals surface area contributed by atoms with Crippen molar-refractivity contribution in [2.24, 2.45) is 0 Å². The van der Waals surface area contributed by atoms with Crippen molar-refractivity contribution < 1.29 is 16.8 Å². The molecule has 0 radical (unpaired) electrons. The van der Waals surface area contributed by atoms with Crippen LogP contribution in [0, 0.1) is 0 Å². The van der Waals surface area contributed by atoms with Gasteiger partial charge in [0.1, 0.15) is 0 Å². The Hall–Kier alpha value is -3.68. The van der Waals surface area contributed by atoms with Crippen molar-refractivity contribution in [2.75, 3.05) is 0 Å². The van der Waals surface area contributed by atoms with Crippen molar-refractivity contribution in [1.29, 1.82) is 0 Å². The van der Waals surface area contributed by atoms with E-state index in [-0.39, 0.29) is 9.79 Å². The highest BCUT2D eigenvalue weighted by Crippen LogP contribution is 2.30. The van der Waals surface area contributed by atoms with Gasteiger partial charge in [0.25, 0.3) is 20.0 Å². The molecule has 0 bridgehead atoms. The van der Waals surface area contributed by atoms with Crippen molar-refractivity contribution in [3.63, 3.8) is 0 Å². The van der Waals surface area contributed by atoms with Crippen molar-refractivity contribution in [2.45, 2.75) is 9.79 Å². The van der Waals surface area contributed by atoms with Crippen LogP contribution in [0.4, 0.5) is 0 Å². The first kappa shape index (κ1) is 22.5. The molecular weight excluding hydrogens is 454 g/mol. The molecule has 166 valence electrons. The van der Waals surface area contributed by atoms with Gasteiger partial charge in [-0.05, 0) is 35.4 Å². The topological polar surface area (TPSA) is 71.5 Å². The molecule has 0 aliphatic carbocycles. The van der Waals surface area contributed by atoms with Gasteiger partial charge < -0.3 is 0 Å². The van der Waals surface area contributed by atoms with Crippen LogP contribution >= 0.6 is 0 Å². The van der Waals surface area contributed by atoms with Gasteiger partial charge in [-0.1, -0.05) is 97.1 Å². The standard InChI is InChI=1S/C26H21NO4S2/c28-32(29,24-17-9-3-10-18-24)27(33(30,31)25-19-11-4-12-20-25)21-26(22-13-5-1-6-14-22)23-15-7-2-8-16-23/h1-21H. The monoisotopic (exact) mass is 475 g/mol. The Balaban J connectivity index is 2.01. The van der Waals surface area contributed by atoms with Crippen LogP contribution in [0.5, 0.6) is 0 Å². The minimum atomic E-state index is -4.45. The highest BCUT2D eigenvalue weighted by Gasteiger charge is 2.34. The number of rotatable bonds is 7. The zero-order valence-corrected chi connectivity index (χ0v) is 19.2. The maximum Gasteiger partial charge on any atom is 0.277 e. The molecule has 0 amide bonds. The van der Waals surface area contributed by atoms with E-state index in [2.05, 4.69) is 0 Å². The van der Waals surface area contributed by atoms with Gasteiger partial charge in [-0.2, -0.15) is 3.71 Å². The molecule has 0 saturated heterocycles. The average molecular weight is 476 g/mol. The number of benzene rings is 4. The zero-order valence-electron chi connectivity index (χ0n) is 17.5. The Morgan fingerprint density at radius 3 is 1.12 bits per heavy atom. The zero-order chi connectivity index (χ0) is 23.3. The van der Waals surface area contributed by atoms with E-state index in [4.69, 9.17) is 0 Å². The third-order valence-corrected chi connectivity index (χ3v) is 9.03. The Labute approximate surface area is 194 Å². The SMILES string of the molecule is O=S(=O)(c1ccccc1)N(C=C(c1ccccc1)c1ccccc1)S(=O)(=O)c1ccccc1. The molecule has 0 unspecified atom stereocenters. The molecule has 0 saturated carbocycles. The van der Waals surface area contributed by atoms with Gasteiger partial charge in [-0.15, -0.1) is 0 Å². The van der Waals surface area contributed by atoms with Gasteiger partial charge in [0.05, 0.1) is 9.79 Å². The van der Waals surface area contributed by atoms with Gasteiger partial charge in [0.2, 0.25) is 0 Å². The molecule has 4 aromatic carbocycles. The average Bonchev–Trinajstić information content (AvgIpc) is 2.86. The molecule has 0 fully saturated rings. The first-order valence-corrected chi connectivity index (χ1v) is 13.0. The predicted molar refractivity (Wildman–Crippen MR) is 129 cm³/mol. The molecule has 0 N–H and O–H groups in total. The van der Waals surface area contributed by atoms with E-state index in [1.54, 1.807) is 60.7 Å². The second-order valence-electron chi connectivity index (χ2n) is 7.14. The maximum absolute atomic E-state index is 13.7. The van der Waals surface area contributed by atoms with Gasteiger partial charge in [0, 0.05) is 11.8 Å². The van der Waals surface area contributed by atoms with E-state index < -0.39 is 20.0 Å². The van der Waals surface area contributed by atoms with Crippen molar-refractivity contribution in [1.82, 2.24) is 3.71 Å². The van der Waals surface area contributed by atoms with Crippen LogP contribution in [0.25, 0.3) is 5.57 Å². The van der Waals surface area contributed by atoms with Gasteiger partial charge >= 0.3 is 0 Å². The molecule has 0 aromatic heterocycles. The summed E-state index contributed by atoms with van der Waals surface area (Å²) < 4.78 is 55.1. The first-order chi connectivity index (χ1) is 15.9. The summed E-state index contributed by atoms with van der Waals surface area (Å²) in [7, 11) is -8.90. The molecule has 4 rings (SSSR count). The Morgan fingerprint density at radius 2 is 0.788 bits per heavy atom. The normalized spacial score (nSPS) is 11.5. The first-order valence-electron chi connectivity index (χ1n) is 10.1. The largest absolute Gasteiger partial charge is 0.277 e. The summed E-state index contributed by atoms with van der Waals surface area (Å²) in [5, 5.41) is 0. The molecule has 0 atom stereocenters. The molecule has 33 heavy (non-hydrogen) atoms. The second-order valence-corrected chi connectivity index (χ2v) is 11.0. The highest BCUT2D eigenvalue weighted by atomic mass is 32.3. The summed E-state index contributed by atoms with van der Waals surface area (Å²) >= 11 is 0. The molecule has 7 heteroatoms. The van der Waals surface area contributed by atoms with Crippen LogP contribution in [0.1, 0.15) is 11.1 Å². The summed E-state index contributed by atoms with van der Waals surface area (Å²) in [6.45, 7) is 0. The fraction of sp³-hybridized carbons (Fsp3) is 0. The third kappa shape index (κ3) is 4.74. The summed E-state index contributed by atoms with van der Waals surface area (Å²) in [6.07, 6.45) is 1.19. The molecule has 0 spiro atoms. The molecule has 0 aliphatic rings. The number of hydrogen-bond donors (Lipinski definition) is 0. The third-order valence-electron chi connectivity index (χ3n) is 4.96. The van der Waals surface area contributed by atoms with Gasteiger partial charge in [0.15, 0.2) is 0 Å². The minimum Gasteiger partial charge on any atom is -0.200 e. The van der Waals surface area contributed by atoms with Crippen LogP contribution < -0.4 is 0 Å². The van der Waals surface area contributed by atoms with Crippen LogP contribution in [-0.4, -0.2) is 20.5 Å². The number of hydrogen-bond acceptors (Lipinski definition) is 4. The van der Waals surface area contributed by atoms with Crippen LogP contribution in [-0.2, 0) is 20.0 Å². The van der Waals surface area contributed by atoms with Crippen molar-refractivity contribution in [3.8, 4) is 0 Å². The number of nitrogens with zero attached hydrogens (tertiary/aromatic N) is 1.